The van der Waals surface area contributed by atoms with E-state index in [9.17, 15) is 14.4 Å². The summed E-state index contributed by atoms with van der Waals surface area (Å²) in [6.07, 6.45) is 2.28. The van der Waals surface area contributed by atoms with E-state index in [0.29, 0.717) is 23.1 Å². The Balaban J connectivity index is 1.87. The lowest BCUT2D eigenvalue weighted by Crippen LogP contribution is -2.37. The predicted octanol–water partition coefficient (Wildman–Crippen LogP) is 3.82. The van der Waals surface area contributed by atoms with Crippen LogP contribution in [0.1, 0.15) is 48.3 Å². The van der Waals surface area contributed by atoms with Crippen LogP contribution in [0.3, 0.4) is 0 Å². The molecule has 7 heteroatoms. The highest BCUT2D eigenvalue weighted by molar-refractivity contribution is 6.06. The molecule has 7 nitrogen and oxygen atoms in total. The van der Waals surface area contributed by atoms with Crippen LogP contribution in [-0.2, 0) is 27.2 Å². The number of primary amides is 1. The summed E-state index contributed by atoms with van der Waals surface area (Å²) >= 11 is 0. The number of rotatable bonds is 10. The lowest BCUT2D eigenvalue weighted by Gasteiger charge is -2.22. The largest absolute Gasteiger partial charge is 0.452 e. The molecule has 0 saturated carbocycles. The zero-order chi connectivity index (χ0) is 23.8. The van der Waals surface area contributed by atoms with Crippen molar-refractivity contribution in [1.82, 2.24) is 4.98 Å². The van der Waals surface area contributed by atoms with Crippen LogP contribution in [0, 0.1) is 0 Å². The Morgan fingerprint density at radius 2 is 1.70 bits per heavy atom. The highest BCUT2D eigenvalue weighted by atomic mass is 16.5. The molecule has 0 spiro atoms. The molecule has 0 bridgehead atoms. The molecule has 3 aromatic rings. The van der Waals surface area contributed by atoms with Gasteiger partial charge in [0.25, 0.3) is 5.91 Å². The number of carbonyl (C=O) groups excluding carboxylic acids is 3. The van der Waals surface area contributed by atoms with E-state index >= 15 is 0 Å². The Labute approximate surface area is 193 Å². The van der Waals surface area contributed by atoms with Gasteiger partial charge >= 0.3 is 5.97 Å². The number of hydrogen-bond acceptors (Lipinski definition) is 5. The summed E-state index contributed by atoms with van der Waals surface area (Å²) in [6.45, 7) is 3.70. The Hall–Kier alpha value is -3.74. The molecule has 2 N–H and O–H groups in total. The SMILES string of the molecule is CCCc1nc2ccccc2c(C(=O)OCC(=O)N(CCC(N)=O)c2ccccc2)c1CC. The van der Waals surface area contributed by atoms with Gasteiger partial charge in [-0.1, -0.05) is 56.7 Å². The van der Waals surface area contributed by atoms with E-state index in [4.69, 9.17) is 15.5 Å². The van der Waals surface area contributed by atoms with E-state index in [1.807, 2.05) is 37.3 Å². The fourth-order valence-electron chi connectivity index (χ4n) is 3.86. The number of aryl methyl sites for hydroxylation is 1. The summed E-state index contributed by atoms with van der Waals surface area (Å²) in [4.78, 5) is 43.6. The highest BCUT2D eigenvalue weighted by Crippen LogP contribution is 2.26. The van der Waals surface area contributed by atoms with Gasteiger partial charge in [-0.25, -0.2) is 4.79 Å². The van der Waals surface area contributed by atoms with Crippen LogP contribution < -0.4 is 10.6 Å². The molecule has 2 aromatic carbocycles. The van der Waals surface area contributed by atoms with Crippen molar-refractivity contribution in [2.24, 2.45) is 5.73 Å². The van der Waals surface area contributed by atoms with Crippen molar-refractivity contribution in [3.8, 4) is 0 Å². The lowest BCUT2D eigenvalue weighted by molar-refractivity contribution is -0.121. The molecule has 33 heavy (non-hydrogen) atoms. The number of amides is 2. The second-order valence-corrected chi connectivity index (χ2v) is 7.71. The van der Waals surface area contributed by atoms with Crippen molar-refractivity contribution < 1.29 is 19.1 Å². The first kappa shape index (κ1) is 23.9. The summed E-state index contributed by atoms with van der Waals surface area (Å²) in [7, 11) is 0. The standard InChI is InChI=1S/C26H29N3O4/c1-3-10-21-19(4-2)25(20-13-8-9-14-22(20)28-21)26(32)33-17-24(31)29(16-15-23(27)30)18-11-6-5-7-12-18/h5-9,11-14H,3-4,10,15-17H2,1-2H3,(H2,27,30). The molecule has 0 aliphatic carbocycles. The molecule has 0 atom stereocenters. The quantitative estimate of drug-likeness (QED) is 0.476. The minimum atomic E-state index is -0.556. The smallest absolute Gasteiger partial charge is 0.339 e. The van der Waals surface area contributed by atoms with Crippen LogP contribution in [0.2, 0.25) is 0 Å². The summed E-state index contributed by atoms with van der Waals surface area (Å²) < 4.78 is 5.51. The third-order valence-corrected chi connectivity index (χ3v) is 5.40. The number of benzene rings is 2. The van der Waals surface area contributed by atoms with Crippen LogP contribution >= 0.6 is 0 Å². The lowest BCUT2D eigenvalue weighted by atomic mass is 9.96. The summed E-state index contributed by atoms with van der Waals surface area (Å²) in [6, 6.07) is 16.4. The fourth-order valence-corrected chi connectivity index (χ4v) is 3.86. The summed E-state index contributed by atoms with van der Waals surface area (Å²) in [5, 5.41) is 0.709. The zero-order valence-electron chi connectivity index (χ0n) is 19.0. The van der Waals surface area contributed by atoms with E-state index < -0.39 is 24.4 Å². The van der Waals surface area contributed by atoms with E-state index in [1.54, 1.807) is 24.3 Å². The Kier molecular flexibility index (Phi) is 8.13. The van der Waals surface area contributed by atoms with Crippen molar-refractivity contribution in [2.75, 3.05) is 18.1 Å². The van der Waals surface area contributed by atoms with Crippen LogP contribution in [0.4, 0.5) is 5.69 Å². The first-order valence-electron chi connectivity index (χ1n) is 11.2. The normalized spacial score (nSPS) is 10.7. The minimum absolute atomic E-state index is 0.00390. The fraction of sp³-hybridized carbons (Fsp3) is 0.308. The van der Waals surface area contributed by atoms with Gasteiger partial charge in [-0.2, -0.15) is 0 Å². The molecule has 0 aliphatic rings. The Morgan fingerprint density at radius 1 is 1.00 bits per heavy atom. The number of aromatic nitrogens is 1. The molecular weight excluding hydrogens is 418 g/mol. The van der Waals surface area contributed by atoms with Crippen LogP contribution in [0.25, 0.3) is 10.9 Å². The molecule has 3 rings (SSSR count). The third-order valence-electron chi connectivity index (χ3n) is 5.40. The van der Waals surface area contributed by atoms with Crippen LogP contribution in [0.5, 0.6) is 0 Å². The van der Waals surface area contributed by atoms with Gasteiger partial charge in [-0.05, 0) is 36.6 Å². The first-order chi connectivity index (χ1) is 16.0. The number of anilines is 1. The van der Waals surface area contributed by atoms with Crippen molar-refractivity contribution >= 4 is 34.4 Å². The summed E-state index contributed by atoms with van der Waals surface area (Å²) in [5.41, 5.74) is 8.79. The van der Waals surface area contributed by atoms with Crippen molar-refractivity contribution in [2.45, 2.75) is 39.5 Å². The predicted molar refractivity (Wildman–Crippen MR) is 128 cm³/mol. The molecule has 0 aliphatic heterocycles. The van der Waals surface area contributed by atoms with E-state index in [2.05, 4.69) is 6.92 Å². The van der Waals surface area contributed by atoms with Gasteiger partial charge < -0.3 is 15.4 Å². The Morgan fingerprint density at radius 3 is 2.36 bits per heavy atom. The number of esters is 1. The second-order valence-electron chi connectivity index (χ2n) is 7.71. The van der Waals surface area contributed by atoms with Crippen molar-refractivity contribution in [3.63, 3.8) is 0 Å². The number of carbonyl (C=O) groups is 3. The van der Waals surface area contributed by atoms with Gasteiger partial charge in [-0.3, -0.25) is 14.6 Å². The molecule has 0 saturated heterocycles. The van der Waals surface area contributed by atoms with Crippen molar-refractivity contribution in [3.05, 3.63) is 71.4 Å². The van der Waals surface area contributed by atoms with Gasteiger partial charge in [0.1, 0.15) is 0 Å². The average molecular weight is 448 g/mol. The molecular formula is C26H29N3O4. The number of nitrogens with zero attached hydrogens (tertiary/aromatic N) is 2. The molecule has 1 heterocycles. The molecule has 0 fully saturated rings. The second kappa shape index (κ2) is 11.2. The molecule has 1 aromatic heterocycles. The number of para-hydroxylation sites is 2. The maximum Gasteiger partial charge on any atom is 0.339 e. The maximum atomic E-state index is 13.2. The van der Waals surface area contributed by atoms with Crippen LogP contribution in [0.15, 0.2) is 54.6 Å². The van der Waals surface area contributed by atoms with Gasteiger partial charge in [-0.15, -0.1) is 0 Å². The highest BCUT2D eigenvalue weighted by Gasteiger charge is 2.23. The van der Waals surface area contributed by atoms with E-state index in [-0.39, 0.29) is 13.0 Å². The van der Waals surface area contributed by atoms with E-state index in [1.165, 1.54) is 4.90 Å². The minimum Gasteiger partial charge on any atom is -0.452 e. The van der Waals surface area contributed by atoms with Crippen LogP contribution in [-0.4, -0.2) is 35.9 Å². The topological polar surface area (TPSA) is 103 Å². The number of pyridine rings is 1. The number of fused-ring (bicyclic) bond motifs is 1. The number of ether oxygens (including phenoxy) is 1. The number of hydrogen-bond donors (Lipinski definition) is 1. The average Bonchev–Trinajstić information content (AvgIpc) is 2.82. The molecule has 2 amide bonds. The van der Waals surface area contributed by atoms with Crippen molar-refractivity contribution in [1.29, 1.82) is 0 Å². The monoisotopic (exact) mass is 447 g/mol. The first-order valence-corrected chi connectivity index (χ1v) is 11.2. The van der Waals surface area contributed by atoms with Gasteiger partial charge in [0.2, 0.25) is 5.91 Å². The molecule has 0 unspecified atom stereocenters. The van der Waals surface area contributed by atoms with Gasteiger partial charge in [0.05, 0.1) is 11.1 Å². The Bertz CT molecular complexity index is 1140. The summed E-state index contributed by atoms with van der Waals surface area (Å²) in [5.74, 6) is -1.50. The molecule has 0 radical (unpaired) electrons. The van der Waals surface area contributed by atoms with Gasteiger partial charge in [0.15, 0.2) is 6.61 Å². The molecule has 172 valence electrons. The zero-order valence-corrected chi connectivity index (χ0v) is 19.0. The van der Waals surface area contributed by atoms with Gasteiger partial charge in [0, 0.05) is 29.7 Å². The number of nitrogens with two attached hydrogens (primary N) is 1. The maximum absolute atomic E-state index is 13.2. The van der Waals surface area contributed by atoms with E-state index in [0.717, 1.165) is 29.6 Å². The third kappa shape index (κ3) is 5.74.